The Labute approximate surface area is 121 Å². The van der Waals surface area contributed by atoms with Gasteiger partial charge in [-0.2, -0.15) is 0 Å². The second-order valence-electron chi connectivity index (χ2n) is 6.73. The molecule has 2 N–H and O–H groups in total. The van der Waals surface area contributed by atoms with Crippen molar-refractivity contribution in [1.82, 2.24) is 0 Å². The van der Waals surface area contributed by atoms with Crippen molar-refractivity contribution in [3.05, 3.63) is 0 Å². The minimum Gasteiger partial charge on any atom is -0.327 e. The van der Waals surface area contributed by atoms with Crippen LogP contribution >= 0.6 is 0 Å². The van der Waals surface area contributed by atoms with E-state index in [4.69, 9.17) is 5.73 Å². The lowest BCUT2D eigenvalue weighted by atomic mass is 9.73. The average Bonchev–Trinajstić information content (AvgIpc) is 2.43. The molecule has 0 bridgehead atoms. The summed E-state index contributed by atoms with van der Waals surface area (Å²) in [5.41, 5.74) is 6.55. The molecule has 0 heterocycles. The summed E-state index contributed by atoms with van der Waals surface area (Å²) in [6.07, 6.45) is 18.2. The Bertz CT molecular complexity index is 182. The Morgan fingerprint density at radius 3 is 1.63 bits per heavy atom. The van der Waals surface area contributed by atoms with E-state index in [1.807, 2.05) is 0 Å². The van der Waals surface area contributed by atoms with Gasteiger partial charge in [-0.3, -0.25) is 0 Å². The standard InChI is InChI=1S/C18H37N/c1-3-5-7-9-12-16-14-11-15-17(18(16)19)13-10-8-6-4-2/h16-18H,3-15,19H2,1-2H3. The van der Waals surface area contributed by atoms with Crippen LogP contribution in [0.2, 0.25) is 0 Å². The summed E-state index contributed by atoms with van der Waals surface area (Å²) in [6.45, 7) is 4.58. The Balaban J connectivity index is 2.19. The summed E-state index contributed by atoms with van der Waals surface area (Å²) < 4.78 is 0. The summed E-state index contributed by atoms with van der Waals surface area (Å²) in [4.78, 5) is 0. The van der Waals surface area contributed by atoms with Gasteiger partial charge in [0.1, 0.15) is 0 Å². The zero-order chi connectivity index (χ0) is 13.9. The molecule has 1 nitrogen and oxygen atoms in total. The van der Waals surface area contributed by atoms with Crippen LogP contribution in [0.15, 0.2) is 0 Å². The second kappa shape index (κ2) is 10.7. The molecule has 19 heavy (non-hydrogen) atoms. The zero-order valence-electron chi connectivity index (χ0n) is 13.5. The predicted molar refractivity (Wildman–Crippen MR) is 86.3 cm³/mol. The van der Waals surface area contributed by atoms with Crippen LogP contribution in [0.3, 0.4) is 0 Å². The Hall–Kier alpha value is -0.0400. The Morgan fingerprint density at radius 2 is 1.21 bits per heavy atom. The molecule has 1 saturated carbocycles. The summed E-state index contributed by atoms with van der Waals surface area (Å²) in [5.74, 6) is 1.67. The maximum absolute atomic E-state index is 6.55. The first kappa shape index (κ1) is 17.0. The smallest absolute Gasteiger partial charge is 0.00956 e. The number of unbranched alkanes of at least 4 members (excludes halogenated alkanes) is 6. The second-order valence-corrected chi connectivity index (χ2v) is 6.73. The first-order valence-corrected chi connectivity index (χ1v) is 9.05. The molecular formula is C18H37N. The summed E-state index contributed by atoms with van der Waals surface area (Å²) >= 11 is 0. The van der Waals surface area contributed by atoms with Crippen molar-refractivity contribution >= 4 is 0 Å². The summed E-state index contributed by atoms with van der Waals surface area (Å²) in [6, 6.07) is 0.511. The number of hydrogen-bond donors (Lipinski definition) is 1. The largest absolute Gasteiger partial charge is 0.327 e. The lowest BCUT2D eigenvalue weighted by molar-refractivity contribution is 0.193. The van der Waals surface area contributed by atoms with E-state index in [0.29, 0.717) is 6.04 Å². The molecular weight excluding hydrogens is 230 g/mol. The summed E-state index contributed by atoms with van der Waals surface area (Å²) in [7, 11) is 0. The minimum absolute atomic E-state index is 0.511. The topological polar surface area (TPSA) is 26.0 Å². The molecule has 1 rings (SSSR count). The van der Waals surface area contributed by atoms with Gasteiger partial charge >= 0.3 is 0 Å². The highest BCUT2D eigenvalue weighted by atomic mass is 14.7. The van der Waals surface area contributed by atoms with Gasteiger partial charge in [-0.1, -0.05) is 71.6 Å². The van der Waals surface area contributed by atoms with Crippen LogP contribution in [0, 0.1) is 11.8 Å². The van der Waals surface area contributed by atoms with Crippen LogP contribution in [0.1, 0.15) is 97.3 Å². The third kappa shape index (κ3) is 6.79. The maximum atomic E-state index is 6.55. The lowest BCUT2D eigenvalue weighted by Gasteiger charge is -2.36. The highest BCUT2D eigenvalue weighted by molar-refractivity contribution is 4.85. The molecule has 0 aromatic carbocycles. The Morgan fingerprint density at radius 1 is 0.737 bits per heavy atom. The van der Waals surface area contributed by atoms with Gasteiger partial charge in [-0.15, -0.1) is 0 Å². The molecule has 2 unspecified atom stereocenters. The van der Waals surface area contributed by atoms with Crippen molar-refractivity contribution in [3.8, 4) is 0 Å². The molecule has 0 amide bonds. The molecule has 1 aliphatic carbocycles. The average molecular weight is 268 g/mol. The molecule has 1 heteroatoms. The van der Waals surface area contributed by atoms with Crippen molar-refractivity contribution in [2.75, 3.05) is 0 Å². The third-order valence-electron chi connectivity index (χ3n) is 5.10. The van der Waals surface area contributed by atoms with Crippen molar-refractivity contribution < 1.29 is 0 Å². The lowest BCUT2D eigenvalue weighted by Crippen LogP contribution is -2.40. The first-order valence-electron chi connectivity index (χ1n) is 9.05. The van der Waals surface area contributed by atoms with Gasteiger partial charge in [-0.25, -0.2) is 0 Å². The van der Waals surface area contributed by atoms with Gasteiger partial charge < -0.3 is 5.73 Å². The van der Waals surface area contributed by atoms with E-state index in [1.165, 1.54) is 83.5 Å². The van der Waals surface area contributed by atoms with Gasteiger partial charge in [0.15, 0.2) is 0 Å². The molecule has 0 spiro atoms. The fourth-order valence-corrected chi connectivity index (χ4v) is 3.75. The molecule has 0 aromatic rings. The van der Waals surface area contributed by atoms with E-state index >= 15 is 0 Å². The van der Waals surface area contributed by atoms with Crippen molar-refractivity contribution in [2.45, 2.75) is 103 Å². The first-order chi connectivity index (χ1) is 9.29. The fraction of sp³-hybridized carbons (Fsp3) is 1.00. The molecule has 0 aromatic heterocycles. The van der Waals surface area contributed by atoms with Gasteiger partial charge in [0.05, 0.1) is 0 Å². The van der Waals surface area contributed by atoms with Crippen LogP contribution in [-0.2, 0) is 0 Å². The number of rotatable bonds is 10. The molecule has 0 saturated heterocycles. The quantitative estimate of drug-likeness (QED) is 0.507. The van der Waals surface area contributed by atoms with Gasteiger partial charge in [0.25, 0.3) is 0 Å². The van der Waals surface area contributed by atoms with E-state index in [2.05, 4.69) is 13.8 Å². The van der Waals surface area contributed by atoms with Gasteiger partial charge in [-0.05, 0) is 37.5 Å². The third-order valence-corrected chi connectivity index (χ3v) is 5.10. The van der Waals surface area contributed by atoms with Gasteiger partial charge in [0.2, 0.25) is 0 Å². The molecule has 0 radical (unpaired) electrons. The molecule has 1 aliphatic rings. The molecule has 0 aliphatic heterocycles. The highest BCUT2D eigenvalue weighted by Crippen LogP contribution is 2.34. The van der Waals surface area contributed by atoms with Crippen LogP contribution in [-0.4, -0.2) is 6.04 Å². The normalized spacial score (nSPS) is 27.6. The molecule has 114 valence electrons. The van der Waals surface area contributed by atoms with E-state index in [-0.39, 0.29) is 0 Å². The van der Waals surface area contributed by atoms with Crippen LogP contribution in [0.25, 0.3) is 0 Å². The number of hydrogen-bond acceptors (Lipinski definition) is 1. The van der Waals surface area contributed by atoms with E-state index in [0.717, 1.165) is 11.8 Å². The monoisotopic (exact) mass is 267 g/mol. The van der Waals surface area contributed by atoms with Crippen molar-refractivity contribution in [1.29, 1.82) is 0 Å². The van der Waals surface area contributed by atoms with Crippen LogP contribution in [0.5, 0.6) is 0 Å². The molecule has 1 fully saturated rings. The fourth-order valence-electron chi connectivity index (χ4n) is 3.75. The van der Waals surface area contributed by atoms with E-state index in [1.54, 1.807) is 0 Å². The van der Waals surface area contributed by atoms with Crippen molar-refractivity contribution in [3.63, 3.8) is 0 Å². The van der Waals surface area contributed by atoms with E-state index < -0.39 is 0 Å². The van der Waals surface area contributed by atoms with Crippen LogP contribution in [0.4, 0.5) is 0 Å². The van der Waals surface area contributed by atoms with E-state index in [9.17, 15) is 0 Å². The van der Waals surface area contributed by atoms with Gasteiger partial charge in [0, 0.05) is 6.04 Å². The molecule has 2 atom stereocenters. The SMILES string of the molecule is CCCCCCC1CCCC(CCCCCC)C1N. The number of nitrogens with two attached hydrogens (primary N) is 1. The highest BCUT2D eigenvalue weighted by Gasteiger charge is 2.29. The predicted octanol–water partition coefficient (Wildman–Crippen LogP) is 5.67. The Kier molecular flexibility index (Phi) is 9.59. The maximum Gasteiger partial charge on any atom is 0.00956 e. The van der Waals surface area contributed by atoms with Crippen molar-refractivity contribution in [2.24, 2.45) is 17.6 Å². The summed E-state index contributed by atoms with van der Waals surface area (Å²) in [5, 5.41) is 0. The zero-order valence-corrected chi connectivity index (χ0v) is 13.5. The van der Waals surface area contributed by atoms with Crippen LogP contribution < -0.4 is 5.73 Å². The minimum atomic E-state index is 0.511.